The Labute approximate surface area is 157 Å². The number of ether oxygens (including phenoxy) is 2. The van der Waals surface area contributed by atoms with Gasteiger partial charge in [-0.05, 0) is 42.8 Å². The van der Waals surface area contributed by atoms with Crippen molar-refractivity contribution >= 4 is 23.2 Å². The number of aromatic nitrogens is 2. The van der Waals surface area contributed by atoms with Crippen molar-refractivity contribution in [2.24, 2.45) is 5.10 Å². The van der Waals surface area contributed by atoms with Crippen LogP contribution in [-0.2, 0) is 11.3 Å². The monoisotopic (exact) mass is 366 g/mol. The molecule has 1 N–H and O–H groups in total. The van der Waals surface area contributed by atoms with Crippen LogP contribution in [0.2, 0.25) is 0 Å². The molecule has 0 aliphatic heterocycles. The molecule has 1 heterocycles. The van der Waals surface area contributed by atoms with Gasteiger partial charge < -0.3 is 14.0 Å². The summed E-state index contributed by atoms with van der Waals surface area (Å²) < 4.78 is 12.5. The highest BCUT2D eigenvalue weighted by molar-refractivity contribution is 5.83. The van der Waals surface area contributed by atoms with Gasteiger partial charge in [-0.3, -0.25) is 4.79 Å². The number of fused-ring (bicyclic) bond motifs is 1. The number of methoxy groups -OCH3 is 2. The summed E-state index contributed by atoms with van der Waals surface area (Å²) in [4.78, 5) is 16.6. The van der Waals surface area contributed by atoms with Gasteiger partial charge in [-0.15, -0.1) is 0 Å². The van der Waals surface area contributed by atoms with Gasteiger partial charge in [0.2, 0.25) is 5.91 Å². The van der Waals surface area contributed by atoms with Crippen molar-refractivity contribution in [3.63, 3.8) is 0 Å². The number of amides is 1. The molecule has 0 unspecified atom stereocenters. The van der Waals surface area contributed by atoms with E-state index in [0.717, 1.165) is 22.4 Å². The van der Waals surface area contributed by atoms with Gasteiger partial charge in [-0.25, -0.2) is 10.4 Å². The van der Waals surface area contributed by atoms with Crippen LogP contribution in [0.5, 0.6) is 11.5 Å². The molecule has 0 aliphatic carbocycles. The minimum atomic E-state index is -0.163. The summed E-state index contributed by atoms with van der Waals surface area (Å²) in [6.07, 6.45) is 1.88. The van der Waals surface area contributed by atoms with Crippen LogP contribution in [0.1, 0.15) is 17.8 Å². The number of carbonyl (C=O) groups excluding carboxylic acids is 1. The van der Waals surface area contributed by atoms with E-state index < -0.39 is 0 Å². The zero-order chi connectivity index (χ0) is 19.2. The number of hydrogen-bond donors (Lipinski definition) is 1. The first kappa shape index (κ1) is 18.4. The lowest BCUT2D eigenvalue weighted by Crippen LogP contribution is -2.19. The van der Waals surface area contributed by atoms with Crippen molar-refractivity contribution in [2.75, 3.05) is 14.2 Å². The van der Waals surface area contributed by atoms with Gasteiger partial charge in [0.25, 0.3) is 0 Å². The molecular formula is C20H22N4O3. The van der Waals surface area contributed by atoms with Crippen LogP contribution in [-0.4, -0.2) is 35.9 Å². The van der Waals surface area contributed by atoms with Crippen LogP contribution in [0.4, 0.5) is 0 Å². The molecule has 7 nitrogen and oxygen atoms in total. The van der Waals surface area contributed by atoms with Crippen LogP contribution in [0, 0.1) is 6.92 Å². The van der Waals surface area contributed by atoms with Crippen molar-refractivity contribution < 1.29 is 14.3 Å². The Bertz CT molecular complexity index is 979. The smallest absolute Gasteiger partial charge is 0.241 e. The fourth-order valence-corrected chi connectivity index (χ4v) is 2.86. The van der Waals surface area contributed by atoms with Gasteiger partial charge in [-0.1, -0.05) is 12.1 Å². The van der Waals surface area contributed by atoms with Crippen LogP contribution in [0.25, 0.3) is 11.0 Å². The number of hydrogen-bond acceptors (Lipinski definition) is 5. The van der Waals surface area contributed by atoms with E-state index in [1.807, 2.05) is 41.8 Å². The predicted molar refractivity (Wildman–Crippen MR) is 104 cm³/mol. The minimum absolute atomic E-state index is 0.163. The minimum Gasteiger partial charge on any atom is -0.493 e. The lowest BCUT2D eigenvalue weighted by Gasteiger charge is -2.07. The zero-order valence-corrected chi connectivity index (χ0v) is 15.6. The number of carbonyl (C=O) groups is 1. The molecule has 140 valence electrons. The molecule has 2 aromatic carbocycles. The topological polar surface area (TPSA) is 77.7 Å². The molecule has 0 fully saturated rings. The SMILES string of the molecule is COc1ccc(/C=N/NC(=O)CCn2c(C)nc3ccccc32)cc1OC. The molecule has 7 heteroatoms. The van der Waals surface area contributed by atoms with E-state index in [0.29, 0.717) is 24.5 Å². The second-order valence-corrected chi connectivity index (χ2v) is 5.96. The summed E-state index contributed by atoms with van der Waals surface area (Å²) in [7, 11) is 3.15. The van der Waals surface area contributed by atoms with E-state index in [2.05, 4.69) is 15.5 Å². The number of nitrogens with zero attached hydrogens (tertiary/aromatic N) is 3. The van der Waals surface area contributed by atoms with Crippen LogP contribution >= 0.6 is 0 Å². The molecule has 27 heavy (non-hydrogen) atoms. The molecule has 1 amide bonds. The molecule has 0 radical (unpaired) electrons. The van der Waals surface area contributed by atoms with Gasteiger partial charge in [0.05, 0.1) is 31.5 Å². The Morgan fingerprint density at radius 1 is 1.19 bits per heavy atom. The van der Waals surface area contributed by atoms with E-state index in [4.69, 9.17) is 9.47 Å². The van der Waals surface area contributed by atoms with Gasteiger partial charge >= 0.3 is 0 Å². The van der Waals surface area contributed by atoms with E-state index in [9.17, 15) is 4.79 Å². The number of hydrazone groups is 1. The van der Waals surface area contributed by atoms with Crippen molar-refractivity contribution in [3.8, 4) is 11.5 Å². The quantitative estimate of drug-likeness (QED) is 0.515. The summed E-state index contributed by atoms with van der Waals surface area (Å²) in [5.41, 5.74) is 5.30. The van der Waals surface area contributed by atoms with Crippen LogP contribution < -0.4 is 14.9 Å². The predicted octanol–water partition coefficient (Wildman–Crippen LogP) is 2.90. The maximum Gasteiger partial charge on any atom is 0.241 e. The molecule has 0 saturated carbocycles. The van der Waals surface area contributed by atoms with Gasteiger partial charge in [0, 0.05) is 13.0 Å². The molecule has 3 aromatic rings. The number of rotatable bonds is 7. The first-order valence-corrected chi connectivity index (χ1v) is 8.58. The molecule has 0 bridgehead atoms. The average molecular weight is 366 g/mol. The van der Waals surface area contributed by atoms with E-state index >= 15 is 0 Å². The fourth-order valence-electron chi connectivity index (χ4n) is 2.86. The number of nitrogens with one attached hydrogen (secondary N) is 1. The molecule has 0 spiro atoms. The maximum absolute atomic E-state index is 12.1. The largest absolute Gasteiger partial charge is 0.493 e. The first-order chi connectivity index (χ1) is 13.1. The van der Waals surface area contributed by atoms with Gasteiger partial charge in [-0.2, -0.15) is 5.10 Å². The highest BCUT2D eigenvalue weighted by Crippen LogP contribution is 2.26. The molecule has 1 aromatic heterocycles. The summed E-state index contributed by atoms with van der Waals surface area (Å²) in [6.45, 7) is 2.48. The van der Waals surface area contributed by atoms with Crippen LogP contribution in [0.3, 0.4) is 0 Å². The van der Waals surface area contributed by atoms with Crippen molar-refractivity contribution in [2.45, 2.75) is 19.9 Å². The summed E-state index contributed by atoms with van der Waals surface area (Å²) in [5, 5.41) is 4.01. The lowest BCUT2D eigenvalue weighted by molar-refractivity contribution is -0.121. The summed E-state index contributed by atoms with van der Waals surface area (Å²) in [6, 6.07) is 13.3. The Balaban J connectivity index is 1.58. The van der Waals surface area contributed by atoms with Gasteiger partial charge in [0.15, 0.2) is 11.5 Å². The third kappa shape index (κ3) is 4.25. The molecule has 0 saturated heterocycles. The third-order valence-corrected chi connectivity index (χ3v) is 4.22. The zero-order valence-electron chi connectivity index (χ0n) is 15.6. The number of para-hydroxylation sites is 2. The highest BCUT2D eigenvalue weighted by atomic mass is 16.5. The van der Waals surface area contributed by atoms with E-state index in [1.165, 1.54) is 0 Å². The maximum atomic E-state index is 12.1. The molecular weight excluding hydrogens is 344 g/mol. The Morgan fingerprint density at radius 3 is 2.74 bits per heavy atom. The summed E-state index contributed by atoms with van der Waals surface area (Å²) >= 11 is 0. The number of aryl methyl sites for hydroxylation is 2. The Morgan fingerprint density at radius 2 is 1.96 bits per heavy atom. The molecule has 0 atom stereocenters. The second kappa shape index (κ2) is 8.35. The number of benzene rings is 2. The normalized spacial score (nSPS) is 11.1. The lowest BCUT2D eigenvalue weighted by atomic mass is 10.2. The standard InChI is InChI=1S/C20H22N4O3/c1-14-22-16-6-4-5-7-17(16)24(14)11-10-20(25)23-21-13-15-8-9-18(26-2)19(12-15)27-3/h4-9,12-13H,10-11H2,1-3H3,(H,23,25)/b21-13+. The third-order valence-electron chi connectivity index (χ3n) is 4.22. The summed E-state index contributed by atoms with van der Waals surface area (Å²) in [5.74, 6) is 1.97. The second-order valence-electron chi connectivity index (χ2n) is 5.96. The average Bonchev–Trinajstić information content (AvgIpc) is 3.01. The van der Waals surface area contributed by atoms with Gasteiger partial charge in [0.1, 0.15) is 5.82 Å². The Kier molecular flexibility index (Phi) is 5.71. The molecule has 3 rings (SSSR count). The van der Waals surface area contributed by atoms with E-state index in [1.54, 1.807) is 32.6 Å². The van der Waals surface area contributed by atoms with E-state index in [-0.39, 0.29) is 5.91 Å². The van der Waals surface area contributed by atoms with Crippen molar-refractivity contribution in [1.82, 2.24) is 15.0 Å². The first-order valence-electron chi connectivity index (χ1n) is 8.58. The fraction of sp³-hybridized carbons (Fsp3) is 0.250. The van der Waals surface area contributed by atoms with Crippen molar-refractivity contribution in [1.29, 1.82) is 0 Å². The Hall–Kier alpha value is -3.35. The highest BCUT2D eigenvalue weighted by Gasteiger charge is 2.08. The number of imidazole rings is 1. The molecule has 0 aliphatic rings. The van der Waals surface area contributed by atoms with Crippen LogP contribution in [0.15, 0.2) is 47.6 Å². The van der Waals surface area contributed by atoms with Crippen molar-refractivity contribution in [3.05, 3.63) is 53.9 Å².